The molecule has 0 bridgehead atoms. The van der Waals surface area contributed by atoms with Crippen LogP contribution in [-0.4, -0.2) is 25.6 Å². The summed E-state index contributed by atoms with van der Waals surface area (Å²) in [6, 6.07) is 12.0. The minimum absolute atomic E-state index is 0.696. The number of halogens is 1. The van der Waals surface area contributed by atoms with Crippen molar-refractivity contribution >= 4 is 23.0 Å². The van der Waals surface area contributed by atoms with E-state index in [4.69, 9.17) is 16.3 Å². The lowest BCUT2D eigenvalue weighted by Gasteiger charge is -2.27. The maximum Gasteiger partial charge on any atom is 0.121 e. The van der Waals surface area contributed by atoms with Crippen LogP contribution in [0.1, 0.15) is 11.1 Å². The number of ether oxygens (including phenoxy) is 1. The van der Waals surface area contributed by atoms with Gasteiger partial charge >= 0.3 is 0 Å². The van der Waals surface area contributed by atoms with Gasteiger partial charge in [-0.2, -0.15) is 0 Å². The van der Waals surface area contributed by atoms with E-state index in [-0.39, 0.29) is 0 Å². The zero-order valence-corrected chi connectivity index (χ0v) is 13.1. The van der Waals surface area contributed by atoms with Gasteiger partial charge in [0.2, 0.25) is 0 Å². The number of methoxy groups -OCH3 is 1. The second-order valence-corrected chi connectivity index (χ2v) is 5.81. The molecular formula is C17H19ClN2O. The Bertz CT molecular complexity index is 657. The highest BCUT2D eigenvalue weighted by Gasteiger charge is 2.16. The third-order valence-corrected chi connectivity index (χ3v) is 4.23. The Kier molecular flexibility index (Phi) is 4.04. The minimum Gasteiger partial charge on any atom is -0.497 e. The smallest absolute Gasteiger partial charge is 0.121 e. The fraction of sp³-hybridized carbons (Fsp3) is 0.294. The van der Waals surface area contributed by atoms with Crippen molar-refractivity contribution in [1.29, 1.82) is 0 Å². The first-order chi connectivity index (χ1) is 10.2. The normalized spacial score (nSPS) is 14.6. The SMILES string of the molecule is COc1ccc(Cl)c(Nc2cccc3c2CCN(C)C3)c1. The summed E-state index contributed by atoms with van der Waals surface area (Å²) in [4.78, 5) is 2.34. The molecule has 0 saturated heterocycles. The van der Waals surface area contributed by atoms with E-state index in [0.29, 0.717) is 5.02 Å². The quantitative estimate of drug-likeness (QED) is 0.924. The molecule has 21 heavy (non-hydrogen) atoms. The van der Waals surface area contributed by atoms with Gasteiger partial charge in [0.1, 0.15) is 5.75 Å². The molecule has 0 aliphatic carbocycles. The number of hydrogen-bond donors (Lipinski definition) is 1. The summed E-state index contributed by atoms with van der Waals surface area (Å²) in [5, 5.41) is 4.16. The number of nitrogens with zero attached hydrogens (tertiary/aromatic N) is 1. The van der Waals surface area contributed by atoms with Crippen molar-refractivity contribution in [3.63, 3.8) is 0 Å². The van der Waals surface area contributed by atoms with Gasteiger partial charge in [-0.15, -0.1) is 0 Å². The molecule has 1 aliphatic rings. The van der Waals surface area contributed by atoms with Gasteiger partial charge in [-0.1, -0.05) is 23.7 Å². The number of nitrogens with one attached hydrogen (secondary N) is 1. The summed E-state index contributed by atoms with van der Waals surface area (Å²) in [5.41, 5.74) is 4.78. The van der Waals surface area contributed by atoms with Gasteiger partial charge in [0.25, 0.3) is 0 Å². The highest BCUT2D eigenvalue weighted by atomic mass is 35.5. The molecule has 0 amide bonds. The average Bonchev–Trinajstić information content (AvgIpc) is 2.49. The molecule has 2 aromatic rings. The monoisotopic (exact) mass is 302 g/mol. The molecule has 0 aromatic heterocycles. The molecule has 2 aromatic carbocycles. The number of fused-ring (bicyclic) bond motifs is 1. The van der Waals surface area contributed by atoms with Crippen molar-refractivity contribution in [2.24, 2.45) is 0 Å². The standard InChI is InChI=1S/C17H19ClN2O/c1-20-9-8-14-12(11-20)4-3-5-16(14)19-17-10-13(21-2)6-7-15(17)18/h3-7,10,19H,8-9,11H2,1-2H3. The third-order valence-electron chi connectivity index (χ3n) is 3.90. The maximum atomic E-state index is 6.28. The van der Waals surface area contributed by atoms with Gasteiger partial charge < -0.3 is 15.0 Å². The molecule has 3 rings (SSSR count). The first-order valence-electron chi connectivity index (χ1n) is 7.07. The van der Waals surface area contributed by atoms with Crippen LogP contribution in [0.2, 0.25) is 5.02 Å². The Morgan fingerprint density at radius 1 is 1.19 bits per heavy atom. The van der Waals surface area contributed by atoms with Crippen LogP contribution in [0.4, 0.5) is 11.4 Å². The predicted molar refractivity (Wildman–Crippen MR) is 87.8 cm³/mol. The van der Waals surface area contributed by atoms with Crippen molar-refractivity contribution in [1.82, 2.24) is 4.90 Å². The van der Waals surface area contributed by atoms with Crippen molar-refractivity contribution in [2.45, 2.75) is 13.0 Å². The second-order valence-electron chi connectivity index (χ2n) is 5.40. The molecule has 0 fully saturated rings. The number of benzene rings is 2. The largest absolute Gasteiger partial charge is 0.497 e. The third kappa shape index (κ3) is 2.99. The van der Waals surface area contributed by atoms with Gasteiger partial charge in [0.05, 0.1) is 17.8 Å². The van der Waals surface area contributed by atoms with Crippen LogP contribution < -0.4 is 10.1 Å². The molecule has 1 aliphatic heterocycles. The van der Waals surface area contributed by atoms with E-state index >= 15 is 0 Å². The number of anilines is 2. The summed E-state index contributed by atoms with van der Waals surface area (Å²) >= 11 is 6.28. The minimum atomic E-state index is 0.696. The van der Waals surface area contributed by atoms with E-state index in [2.05, 4.69) is 35.5 Å². The van der Waals surface area contributed by atoms with Crippen LogP contribution in [0.3, 0.4) is 0 Å². The van der Waals surface area contributed by atoms with Gasteiger partial charge in [0.15, 0.2) is 0 Å². The first kappa shape index (κ1) is 14.2. The zero-order chi connectivity index (χ0) is 14.8. The fourth-order valence-corrected chi connectivity index (χ4v) is 2.90. The summed E-state index contributed by atoms with van der Waals surface area (Å²) in [7, 11) is 3.81. The van der Waals surface area contributed by atoms with Crippen LogP contribution in [0.25, 0.3) is 0 Å². The Balaban J connectivity index is 1.94. The fourth-order valence-electron chi connectivity index (χ4n) is 2.74. The van der Waals surface area contributed by atoms with Crippen molar-refractivity contribution in [3.05, 3.63) is 52.5 Å². The number of hydrogen-bond acceptors (Lipinski definition) is 3. The van der Waals surface area contributed by atoms with Crippen molar-refractivity contribution in [3.8, 4) is 5.75 Å². The maximum absolute atomic E-state index is 6.28. The summed E-state index contributed by atoms with van der Waals surface area (Å²) in [6.07, 6.45) is 1.05. The summed E-state index contributed by atoms with van der Waals surface area (Å²) in [5.74, 6) is 0.798. The molecule has 110 valence electrons. The van der Waals surface area contributed by atoms with E-state index in [1.165, 1.54) is 11.1 Å². The zero-order valence-electron chi connectivity index (χ0n) is 12.3. The molecule has 1 N–H and O–H groups in total. The molecule has 0 saturated carbocycles. The number of rotatable bonds is 3. The topological polar surface area (TPSA) is 24.5 Å². The van der Waals surface area contributed by atoms with E-state index in [1.54, 1.807) is 7.11 Å². The summed E-state index contributed by atoms with van der Waals surface area (Å²) in [6.45, 7) is 2.08. The highest BCUT2D eigenvalue weighted by molar-refractivity contribution is 6.33. The van der Waals surface area contributed by atoms with Gasteiger partial charge in [-0.3, -0.25) is 0 Å². The van der Waals surface area contributed by atoms with E-state index in [9.17, 15) is 0 Å². The molecule has 0 atom stereocenters. The van der Waals surface area contributed by atoms with Crippen LogP contribution >= 0.6 is 11.6 Å². The number of likely N-dealkylation sites (N-methyl/N-ethyl adjacent to an activating group) is 1. The molecule has 1 heterocycles. The van der Waals surface area contributed by atoms with Gasteiger partial charge in [-0.05, 0) is 42.8 Å². The Hall–Kier alpha value is -1.71. The molecule has 0 spiro atoms. The van der Waals surface area contributed by atoms with Crippen LogP contribution in [0.5, 0.6) is 5.75 Å². The lowest BCUT2D eigenvalue weighted by atomic mass is 9.98. The van der Waals surface area contributed by atoms with Gasteiger partial charge in [-0.25, -0.2) is 0 Å². The molecular weight excluding hydrogens is 284 g/mol. The Labute approximate surface area is 130 Å². The van der Waals surface area contributed by atoms with Crippen LogP contribution in [0, 0.1) is 0 Å². The Morgan fingerprint density at radius 2 is 2.05 bits per heavy atom. The highest BCUT2D eigenvalue weighted by Crippen LogP contribution is 2.33. The molecule has 3 nitrogen and oxygen atoms in total. The molecule has 4 heteroatoms. The molecule has 0 unspecified atom stereocenters. The Morgan fingerprint density at radius 3 is 2.86 bits per heavy atom. The second kappa shape index (κ2) is 5.96. The lowest BCUT2D eigenvalue weighted by Crippen LogP contribution is -2.27. The van der Waals surface area contributed by atoms with Crippen molar-refractivity contribution in [2.75, 3.05) is 26.0 Å². The van der Waals surface area contributed by atoms with E-state index in [0.717, 1.165) is 36.6 Å². The predicted octanol–water partition coefficient (Wildman–Crippen LogP) is 4.08. The van der Waals surface area contributed by atoms with Crippen LogP contribution in [0.15, 0.2) is 36.4 Å². The van der Waals surface area contributed by atoms with Gasteiger partial charge in [0, 0.05) is 24.8 Å². The average molecular weight is 303 g/mol. The van der Waals surface area contributed by atoms with Crippen LogP contribution in [-0.2, 0) is 13.0 Å². The molecule has 0 radical (unpaired) electrons. The lowest BCUT2D eigenvalue weighted by molar-refractivity contribution is 0.313. The van der Waals surface area contributed by atoms with E-state index < -0.39 is 0 Å². The van der Waals surface area contributed by atoms with E-state index in [1.807, 2.05) is 18.2 Å². The summed E-state index contributed by atoms with van der Waals surface area (Å²) < 4.78 is 5.27. The van der Waals surface area contributed by atoms with Crippen molar-refractivity contribution < 1.29 is 4.74 Å². The first-order valence-corrected chi connectivity index (χ1v) is 7.45.